The lowest BCUT2D eigenvalue weighted by Gasteiger charge is -2.15. The van der Waals surface area contributed by atoms with Gasteiger partial charge in [0.25, 0.3) is 0 Å². The average molecular weight is 751 g/mol. The van der Waals surface area contributed by atoms with Gasteiger partial charge >= 0.3 is 11.9 Å². The lowest BCUT2D eigenvalue weighted by atomic mass is 10.0. The second kappa shape index (κ2) is 45.3. The lowest BCUT2D eigenvalue weighted by molar-refractivity contribution is -0.161. The molecule has 1 N–H and O–H groups in total. The molecule has 1 atom stereocenters. The molecule has 5 nitrogen and oxygen atoms in total. The Morgan fingerprint density at radius 3 is 0.830 bits per heavy atom. The molecule has 5 heteroatoms. The van der Waals surface area contributed by atoms with E-state index in [2.05, 4.69) is 13.8 Å². The molecule has 0 radical (unpaired) electrons. The predicted molar refractivity (Wildman–Crippen MR) is 229 cm³/mol. The summed E-state index contributed by atoms with van der Waals surface area (Å²) >= 11 is 0. The monoisotopic (exact) mass is 751 g/mol. The largest absolute Gasteiger partial charge is 0.462 e. The van der Waals surface area contributed by atoms with E-state index in [1.54, 1.807) is 0 Å². The van der Waals surface area contributed by atoms with Crippen molar-refractivity contribution < 1.29 is 24.2 Å². The van der Waals surface area contributed by atoms with Gasteiger partial charge in [-0.25, -0.2) is 0 Å². The highest BCUT2D eigenvalue weighted by molar-refractivity contribution is 5.70. The number of aliphatic hydroxyl groups is 1. The Balaban J connectivity index is 3.34. The molecule has 316 valence electrons. The third kappa shape index (κ3) is 43.5. The van der Waals surface area contributed by atoms with Crippen LogP contribution in [0.2, 0.25) is 0 Å². The summed E-state index contributed by atoms with van der Waals surface area (Å²) < 4.78 is 10.6. The van der Waals surface area contributed by atoms with Crippen LogP contribution in [0, 0.1) is 0 Å². The van der Waals surface area contributed by atoms with Gasteiger partial charge in [0, 0.05) is 12.8 Å². The fourth-order valence-corrected chi connectivity index (χ4v) is 7.50. The third-order valence-corrected chi connectivity index (χ3v) is 11.2. The smallest absolute Gasteiger partial charge is 0.306 e. The average Bonchev–Trinajstić information content (AvgIpc) is 3.16. The van der Waals surface area contributed by atoms with Crippen LogP contribution in [0.15, 0.2) is 0 Å². The number of hydrogen-bond acceptors (Lipinski definition) is 5. The Morgan fingerprint density at radius 1 is 0.358 bits per heavy atom. The molecule has 0 fully saturated rings. The molecule has 0 bridgehead atoms. The first-order chi connectivity index (χ1) is 26.1. The van der Waals surface area contributed by atoms with Gasteiger partial charge in [-0.2, -0.15) is 0 Å². The van der Waals surface area contributed by atoms with Crippen molar-refractivity contribution >= 4 is 11.9 Å². The summed E-state index contributed by atoms with van der Waals surface area (Å²) in [5, 5.41) is 9.55. The van der Waals surface area contributed by atoms with Gasteiger partial charge in [0.2, 0.25) is 0 Å². The molecule has 0 heterocycles. The van der Waals surface area contributed by atoms with Crippen molar-refractivity contribution in [1.82, 2.24) is 0 Å². The van der Waals surface area contributed by atoms with Crippen LogP contribution in [0.3, 0.4) is 0 Å². The SMILES string of the molecule is CCCCCCCCCCCCCCCCCCCCCCCCCCCCCCCCC(=O)OC(CO)COC(=O)CCCCCCCCCCC. The Labute approximate surface area is 331 Å². The van der Waals surface area contributed by atoms with E-state index >= 15 is 0 Å². The minimum absolute atomic E-state index is 0.0574. The lowest BCUT2D eigenvalue weighted by Crippen LogP contribution is -2.28. The quantitative estimate of drug-likeness (QED) is 0.0495. The highest BCUT2D eigenvalue weighted by Crippen LogP contribution is 2.17. The van der Waals surface area contributed by atoms with Gasteiger partial charge in [-0.3, -0.25) is 9.59 Å². The normalized spacial score (nSPS) is 12.0. The van der Waals surface area contributed by atoms with Gasteiger partial charge in [0.15, 0.2) is 6.10 Å². The van der Waals surface area contributed by atoms with Crippen molar-refractivity contribution in [3.05, 3.63) is 0 Å². The van der Waals surface area contributed by atoms with Gasteiger partial charge in [-0.15, -0.1) is 0 Å². The molecule has 0 aromatic carbocycles. The number of carbonyl (C=O) groups excluding carboxylic acids is 2. The standard InChI is InChI=1S/C48H94O5/c1-3-5-7-9-11-13-14-15-16-17-18-19-20-21-22-23-24-25-26-27-28-29-30-31-32-33-35-37-39-41-43-48(51)53-46(44-49)45-52-47(50)42-40-38-36-34-12-10-8-6-4-2/h46,49H,3-45H2,1-2H3. The Hall–Kier alpha value is -1.10. The van der Waals surface area contributed by atoms with E-state index in [4.69, 9.17) is 9.47 Å². The van der Waals surface area contributed by atoms with Crippen LogP contribution in [-0.4, -0.2) is 36.4 Å². The summed E-state index contributed by atoms with van der Waals surface area (Å²) in [5.41, 5.74) is 0. The van der Waals surface area contributed by atoms with Crippen molar-refractivity contribution in [2.75, 3.05) is 13.2 Å². The van der Waals surface area contributed by atoms with Gasteiger partial charge in [0.05, 0.1) is 6.61 Å². The summed E-state index contributed by atoms with van der Waals surface area (Å²) in [4.78, 5) is 24.2. The second-order valence-corrected chi connectivity index (χ2v) is 16.6. The van der Waals surface area contributed by atoms with Crippen molar-refractivity contribution in [2.24, 2.45) is 0 Å². The maximum absolute atomic E-state index is 12.2. The zero-order chi connectivity index (χ0) is 38.6. The van der Waals surface area contributed by atoms with E-state index in [0.717, 1.165) is 38.5 Å². The molecule has 0 amide bonds. The molecule has 0 aromatic heterocycles. The fourth-order valence-electron chi connectivity index (χ4n) is 7.50. The summed E-state index contributed by atoms with van der Waals surface area (Å²) in [5.74, 6) is -0.576. The fraction of sp³-hybridized carbons (Fsp3) is 0.958. The summed E-state index contributed by atoms with van der Waals surface area (Å²) in [7, 11) is 0. The van der Waals surface area contributed by atoms with Gasteiger partial charge in [0.1, 0.15) is 6.61 Å². The van der Waals surface area contributed by atoms with Crippen molar-refractivity contribution in [3.8, 4) is 0 Å². The molecular formula is C48H94O5. The van der Waals surface area contributed by atoms with Crippen molar-refractivity contribution in [1.29, 1.82) is 0 Å². The van der Waals surface area contributed by atoms with Crippen LogP contribution >= 0.6 is 0 Å². The molecule has 0 rings (SSSR count). The van der Waals surface area contributed by atoms with Crippen LogP contribution in [-0.2, 0) is 19.1 Å². The molecular weight excluding hydrogens is 657 g/mol. The molecule has 0 saturated heterocycles. The topological polar surface area (TPSA) is 72.8 Å². The third-order valence-electron chi connectivity index (χ3n) is 11.2. The first-order valence-electron chi connectivity index (χ1n) is 24.1. The Kier molecular flexibility index (Phi) is 44.4. The van der Waals surface area contributed by atoms with Crippen molar-refractivity contribution in [2.45, 2.75) is 283 Å². The minimum Gasteiger partial charge on any atom is -0.462 e. The van der Waals surface area contributed by atoms with Crippen LogP contribution in [0.1, 0.15) is 277 Å². The highest BCUT2D eigenvalue weighted by Gasteiger charge is 2.16. The predicted octanol–water partition coefficient (Wildman–Crippen LogP) is 15.5. The molecule has 1 unspecified atom stereocenters. The number of carbonyl (C=O) groups is 2. The zero-order valence-corrected chi connectivity index (χ0v) is 36.1. The van der Waals surface area contributed by atoms with E-state index in [1.165, 1.54) is 212 Å². The number of ether oxygens (including phenoxy) is 2. The maximum Gasteiger partial charge on any atom is 0.306 e. The van der Waals surface area contributed by atoms with E-state index < -0.39 is 6.10 Å². The first kappa shape index (κ1) is 51.9. The van der Waals surface area contributed by atoms with Crippen LogP contribution < -0.4 is 0 Å². The van der Waals surface area contributed by atoms with Crippen LogP contribution in [0.5, 0.6) is 0 Å². The molecule has 0 aliphatic heterocycles. The maximum atomic E-state index is 12.2. The molecule has 0 aromatic rings. The number of unbranched alkanes of at least 4 members (excludes halogenated alkanes) is 37. The van der Waals surface area contributed by atoms with Crippen molar-refractivity contribution in [3.63, 3.8) is 0 Å². The van der Waals surface area contributed by atoms with E-state index in [1.807, 2.05) is 0 Å². The zero-order valence-electron chi connectivity index (χ0n) is 36.1. The first-order valence-corrected chi connectivity index (χ1v) is 24.1. The number of hydrogen-bond donors (Lipinski definition) is 1. The molecule has 0 aliphatic rings. The number of esters is 2. The summed E-state index contributed by atoms with van der Waals surface area (Å²) in [6.45, 7) is 4.15. The minimum atomic E-state index is -0.761. The Morgan fingerprint density at radius 2 is 0.585 bits per heavy atom. The molecule has 0 spiro atoms. The van der Waals surface area contributed by atoms with Crippen LogP contribution in [0.25, 0.3) is 0 Å². The van der Waals surface area contributed by atoms with E-state index in [-0.39, 0.29) is 25.2 Å². The summed E-state index contributed by atoms with van der Waals surface area (Å²) in [6.07, 6.45) is 52.2. The second-order valence-electron chi connectivity index (χ2n) is 16.6. The van der Waals surface area contributed by atoms with Gasteiger partial charge in [-0.1, -0.05) is 251 Å². The number of aliphatic hydroxyl groups excluding tert-OH is 1. The molecule has 53 heavy (non-hydrogen) atoms. The molecule has 0 aliphatic carbocycles. The van der Waals surface area contributed by atoms with Gasteiger partial charge in [-0.05, 0) is 12.8 Å². The molecule has 0 saturated carbocycles. The summed E-state index contributed by atoms with van der Waals surface area (Å²) in [6, 6.07) is 0. The van der Waals surface area contributed by atoms with E-state index in [9.17, 15) is 14.7 Å². The van der Waals surface area contributed by atoms with Crippen LogP contribution in [0.4, 0.5) is 0 Å². The van der Waals surface area contributed by atoms with E-state index in [0.29, 0.717) is 12.8 Å². The van der Waals surface area contributed by atoms with Gasteiger partial charge < -0.3 is 14.6 Å². The Bertz CT molecular complexity index is 725. The number of rotatable bonds is 45. The highest BCUT2D eigenvalue weighted by atomic mass is 16.6.